The molecule has 5 heteroatoms. The van der Waals surface area contributed by atoms with Crippen LogP contribution in [0.5, 0.6) is 0 Å². The van der Waals surface area contributed by atoms with Gasteiger partial charge in [0.2, 0.25) is 0 Å². The Hall–Kier alpha value is -1.64. The molecule has 2 aliphatic rings. The van der Waals surface area contributed by atoms with E-state index in [0.29, 0.717) is 17.9 Å². The van der Waals surface area contributed by atoms with Crippen LogP contribution in [0.2, 0.25) is 0 Å². The second-order valence-corrected chi connectivity index (χ2v) is 4.79. The molecule has 1 saturated heterocycles. The van der Waals surface area contributed by atoms with Gasteiger partial charge >= 0.3 is 0 Å². The van der Waals surface area contributed by atoms with Crippen molar-refractivity contribution in [3.63, 3.8) is 0 Å². The van der Waals surface area contributed by atoms with E-state index in [1.807, 2.05) is 6.07 Å². The predicted octanol–water partition coefficient (Wildman–Crippen LogP) is 0.945. The highest BCUT2D eigenvalue weighted by Gasteiger charge is 2.26. The molecule has 1 aliphatic carbocycles. The van der Waals surface area contributed by atoms with Crippen molar-refractivity contribution in [2.24, 2.45) is 0 Å². The van der Waals surface area contributed by atoms with Crippen molar-refractivity contribution in [3.05, 3.63) is 22.9 Å². The van der Waals surface area contributed by atoms with E-state index in [2.05, 4.69) is 11.1 Å². The fraction of sp³-hybridized carbons (Fsp3) is 0.538. The number of aromatic nitrogens is 1. The number of nitriles is 1. The molecule has 0 spiro atoms. The third kappa shape index (κ3) is 1.94. The Kier molecular flexibility index (Phi) is 2.90. The zero-order valence-electron chi connectivity index (χ0n) is 10.1. The summed E-state index contributed by atoms with van der Waals surface area (Å²) in [5.41, 5.74) is 2.78. The summed E-state index contributed by atoms with van der Waals surface area (Å²) in [7, 11) is 0. The number of nitrogens with zero attached hydrogens (tertiary/aromatic N) is 3. The lowest BCUT2D eigenvalue weighted by Gasteiger charge is -2.21. The van der Waals surface area contributed by atoms with Crippen LogP contribution in [-0.4, -0.2) is 29.3 Å². The van der Waals surface area contributed by atoms with E-state index < -0.39 is 6.10 Å². The minimum Gasteiger partial charge on any atom is -0.389 e. The number of aliphatic hydroxyl groups is 1. The Labute approximate surface area is 106 Å². The minimum absolute atomic E-state index is 0.267. The monoisotopic (exact) mass is 245 g/mol. The van der Waals surface area contributed by atoms with Crippen LogP contribution in [0, 0.1) is 11.3 Å². The summed E-state index contributed by atoms with van der Waals surface area (Å²) in [6, 6.07) is 4.09. The van der Waals surface area contributed by atoms with E-state index in [1.165, 1.54) is 10.6 Å². The molecular formula is C13H15N3O2. The average molecular weight is 245 g/mol. The highest BCUT2D eigenvalue weighted by molar-refractivity contribution is 5.55. The normalized spacial score (nSPS) is 22.7. The molecule has 0 amide bonds. The molecule has 18 heavy (non-hydrogen) atoms. The molecule has 94 valence electrons. The number of β-amino-alcohol motifs (C(OH)–C–C–N with tert-alkyl or cyclic N) is 1. The number of rotatable bonds is 1. The molecule has 0 bridgehead atoms. The Bertz CT molecular complexity index is 510. The van der Waals surface area contributed by atoms with Crippen LogP contribution in [0.1, 0.15) is 29.7 Å². The molecule has 5 nitrogen and oxygen atoms in total. The molecule has 1 fully saturated rings. The second-order valence-electron chi connectivity index (χ2n) is 4.79. The zero-order chi connectivity index (χ0) is 12.5. The molecule has 0 radical (unpaired) electrons. The molecule has 0 aromatic carbocycles. The first-order valence-electron chi connectivity index (χ1n) is 6.29. The van der Waals surface area contributed by atoms with Gasteiger partial charge in [0.25, 0.3) is 0 Å². The standard InChI is InChI=1S/C13H15N3O2/c14-6-10-5-9-3-1-2-4-12(9)15-13(10)16-7-11(17)8-18-16/h5,11,17H,1-4,7-8H2. The minimum atomic E-state index is -0.505. The molecule has 1 aromatic heterocycles. The van der Waals surface area contributed by atoms with Crippen LogP contribution in [0.3, 0.4) is 0 Å². The fourth-order valence-electron chi connectivity index (χ4n) is 2.52. The first-order chi connectivity index (χ1) is 8.78. The van der Waals surface area contributed by atoms with Crippen LogP contribution < -0.4 is 5.06 Å². The van der Waals surface area contributed by atoms with Crippen molar-refractivity contribution in [2.45, 2.75) is 31.8 Å². The molecule has 1 unspecified atom stereocenters. The van der Waals surface area contributed by atoms with Crippen molar-refractivity contribution in [3.8, 4) is 6.07 Å². The number of aryl methyl sites for hydroxylation is 2. The number of pyridine rings is 1. The molecule has 0 saturated carbocycles. The maximum Gasteiger partial charge on any atom is 0.170 e. The fourth-order valence-corrected chi connectivity index (χ4v) is 2.52. The summed E-state index contributed by atoms with van der Waals surface area (Å²) in [6.07, 6.45) is 3.77. The third-order valence-corrected chi connectivity index (χ3v) is 3.44. The number of hydroxylamine groups is 1. The van der Waals surface area contributed by atoms with Gasteiger partial charge in [-0.05, 0) is 37.3 Å². The first-order valence-corrected chi connectivity index (χ1v) is 6.29. The van der Waals surface area contributed by atoms with Crippen molar-refractivity contribution < 1.29 is 9.94 Å². The van der Waals surface area contributed by atoms with Crippen LogP contribution in [0.15, 0.2) is 6.07 Å². The Balaban J connectivity index is 2.00. The van der Waals surface area contributed by atoms with E-state index in [0.717, 1.165) is 31.4 Å². The summed E-state index contributed by atoms with van der Waals surface area (Å²) in [6.45, 7) is 0.643. The lowest BCUT2D eigenvalue weighted by Crippen LogP contribution is -2.23. The zero-order valence-corrected chi connectivity index (χ0v) is 10.1. The largest absolute Gasteiger partial charge is 0.389 e. The van der Waals surface area contributed by atoms with Crippen LogP contribution in [0.25, 0.3) is 0 Å². The molecule has 1 atom stereocenters. The smallest absolute Gasteiger partial charge is 0.170 e. The lowest BCUT2D eigenvalue weighted by atomic mass is 9.95. The molecule has 1 N–H and O–H groups in total. The lowest BCUT2D eigenvalue weighted by molar-refractivity contribution is 0.115. The summed E-state index contributed by atoms with van der Waals surface area (Å²) >= 11 is 0. The Morgan fingerprint density at radius 3 is 3.00 bits per heavy atom. The first kappa shape index (κ1) is 11.5. The maximum absolute atomic E-state index is 9.49. The van der Waals surface area contributed by atoms with Crippen molar-refractivity contribution >= 4 is 5.82 Å². The van der Waals surface area contributed by atoms with E-state index in [4.69, 9.17) is 4.84 Å². The van der Waals surface area contributed by atoms with Crippen LogP contribution >= 0.6 is 0 Å². The van der Waals surface area contributed by atoms with Gasteiger partial charge in [-0.3, -0.25) is 4.84 Å². The van der Waals surface area contributed by atoms with Gasteiger partial charge in [0, 0.05) is 5.69 Å². The number of fused-ring (bicyclic) bond motifs is 1. The number of anilines is 1. The van der Waals surface area contributed by atoms with Crippen LogP contribution in [-0.2, 0) is 17.7 Å². The maximum atomic E-state index is 9.49. The number of hydrogen-bond acceptors (Lipinski definition) is 5. The van der Waals surface area contributed by atoms with E-state index in [1.54, 1.807) is 0 Å². The van der Waals surface area contributed by atoms with Gasteiger partial charge < -0.3 is 5.11 Å². The number of aliphatic hydroxyl groups excluding tert-OH is 1. The summed E-state index contributed by atoms with van der Waals surface area (Å²) in [4.78, 5) is 9.92. The SMILES string of the molecule is N#Cc1cc2c(nc1N1CC(O)CO1)CCCC2. The van der Waals surface area contributed by atoms with Crippen LogP contribution in [0.4, 0.5) is 5.82 Å². The van der Waals surface area contributed by atoms with E-state index >= 15 is 0 Å². The molecule has 1 aromatic rings. The van der Waals surface area contributed by atoms with Crippen molar-refractivity contribution in [1.29, 1.82) is 5.26 Å². The van der Waals surface area contributed by atoms with E-state index in [9.17, 15) is 10.4 Å². The van der Waals surface area contributed by atoms with Gasteiger partial charge in [0.05, 0.1) is 18.2 Å². The molecule has 2 heterocycles. The third-order valence-electron chi connectivity index (χ3n) is 3.44. The van der Waals surface area contributed by atoms with Gasteiger partial charge in [0.1, 0.15) is 12.7 Å². The molecular weight excluding hydrogens is 230 g/mol. The summed E-state index contributed by atoms with van der Waals surface area (Å²) in [5.74, 6) is 0.551. The highest BCUT2D eigenvalue weighted by Crippen LogP contribution is 2.27. The predicted molar refractivity (Wildman–Crippen MR) is 64.9 cm³/mol. The Morgan fingerprint density at radius 2 is 2.28 bits per heavy atom. The average Bonchev–Trinajstić information content (AvgIpc) is 2.83. The summed E-state index contributed by atoms with van der Waals surface area (Å²) < 4.78 is 0. The summed E-state index contributed by atoms with van der Waals surface area (Å²) in [5, 5.41) is 20.2. The highest BCUT2D eigenvalue weighted by atomic mass is 16.7. The van der Waals surface area contributed by atoms with Gasteiger partial charge in [0.15, 0.2) is 5.82 Å². The van der Waals surface area contributed by atoms with Gasteiger partial charge in [-0.2, -0.15) is 5.26 Å². The van der Waals surface area contributed by atoms with E-state index in [-0.39, 0.29) is 6.61 Å². The van der Waals surface area contributed by atoms with Gasteiger partial charge in [-0.1, -0.05) is 0 Å². The molecule has 1 aliphatic heterocycles. The van der Waals surface area contributed by atoms with Gasteiger partial charge in [-0.15, -0.1) is 0 Å². The van der Waals surface area contributed by atoms with Crippen molar-refractivity contribution in [2.75, 3.05) is 18.2 Å². The van der Waals surface area contributed by atoms with Gasteiger partial charge in [-0.25, -0.2) is 10.0 Å². The topological polar surface area (TPSA) is 69.4 Å². The number of hydrogen-bond donors (Lipinski definition) is 1. The van der Waals surface area contributed by atoms with Crippen molar-refractivity contribution in [1.82, 2.24) is 4.98 Å². The molecule has 3 rings (SSSR count). The Morgan fingerprint density at radius 1 is 1.44 bits per heavy atom. The second kappa shape index (κ2) is 4.56. The quantitative estimate of drug-likeness (QED) is 0.797.